The average molecular weight is 294 g/mol. The number of ether oxygens (including phenoxy) is 2. The van der Waals surface area contributed by atoms with E-state index in [1.807, 2.05) is 24.3 Å². The lowest BCUT2D eigenvalue weighted by atomic mass is 10.1. The second kappa shape index (κ2) is 7.02. The van der Waals surface area contributed by atoms with Gasteiger partial charge in [0.2, 0.25) is 0 Å². The Morgan fingerprint density at radius 3 is 2.90 bits per heavy atom. The second-order valence-electron chi connectivity index (χ2n) is 5.12. The maximum absolute atomic E-state index is 5.81. The zero-order valence-corrected chi connectivity index (χ0v) is 12.9. The van der Waals surface area contributed by atoms with Gasteiger partial charge in [0.05, 0.1) is 11.7 Å². The normalized spacial score (nSPS) is 22.1. The fourth-order valence-corrected chi connectivity index (χ4v) is 2.73. The molecule has 4 nitrogen and oxygen atoms in total. The van der Waals surface area contributed by atoms with Crippen molar-refractivity contribution in [2.24, 2.45) is 5.73 Å². The van der Waals surface area contributed by atoms with E-state index in [1.54, 1.807) is 0 Å². The number of likely N-dealkylation sites (N-methyl/N-ethyl adjacent to an activating group) is 1. The van der Waals surface area contributed by atoms with E-state index in [0.29, 0.717) is 23.7 Å². The van der Waals surface area contributed by atoms with Crippen LogP contribution in [0.4, 0.5) is 0 Å². The molecule has 0 saturated carbocycles. The Kier molecular flexibility index (Phi) is 5.34. The fraction of sp³-hybridized carbons (Fsp3) is 0.533. The molecule has 0 amide bonds. The van der Waals surface area contributed by atoms with Crippen LogP contribution in [0.1, 0.15) is 18.9 Å². The summed E-state index contributed by atoms with van der Waals surface area (Å²) >= 11 is 5.03. The summed E-state index contributed by atoms with van der Waals surface area (Å²) in [6, 6.07) is 8.09. The van der Waals surface area contributed by atoms with Crippen molar-refractivity contribution in [3.63, 3.8) is 0 Å². The highest BCUT2D eigenvalue weighted by atomic mass is 32.1. The molecule has 1 saturated heterocycles. The molecule has 0 bridgehead atoms. The van der Waals surface area contributed by atoms with E-state index in [9.17, 15) is 0 Å². The predicted molar refractivity (Wildman–Crippen MR) is 84.3 cm³/mol. The van der Waals surface area contributed by atoms with E-state index in [4.69, 9.17) is 27.4 Å². The zero-order chi connectivity index (χ0) is 14.5. The summed E-state index contributed by atoms with van der Waals surface area (Å²) in [4.78, 5) is 2.66. The lowest BCUT2D eigenvalue weighted by Gasteiger charge is -2.26. The maximum atomic E-state index is 5.81. The Labute approximate surface area is 125 Å². The van der Waals surface area contributed by atoms with Gasteiger partial charge in [-0.05, 0) is 32.5 Å². The molecular formula is C15H22N2O2S. The first-order valence-electron chi connectivity index (χ1n) is 6.93. The Hall–Kier alpha value is -1.17. The van der Waals surface area contributed by atoms with E-state index in [0.717, 1.165) is 30.9 Å². The molecule has 5 heteroatoms. The van der Waals surface area contributed by atoms with Gasteiger partial charge in [-0.2, -0.15) is 0 Å². The van der Waals surface area contributed by atoms with E-state index in [1.165, 1.54) is 0 Å². The molecule has 20 heavy (non-hydrogen) atoms. The Morgan fingerprint density at radius 1 is 1.50 bits per heavy atom. The summed E-state index contributed by atoms with van der Waals surface area (Å²) in [5, 5.41) is 0. The lowest BCUT2D eigenvalue weighted by molar-refractivity contribution is 0.0787. The quantitative estimate of drug-likeness (QED) is 0.811. The number of para-hydroxylation sites is 1. The highest BCUT2D eigenvalue weighted by Crippen LogP contribution is 2.19. The van der Waals surface area contributed by atoms with Gasteiger partial charge in [0.15, 0.2) is 0 Å². The van der Waals surface area contributed by atoms with E-state index < -0.39 is 0 Å². The molecule has 1 aromatic carbocycles. The summed E-state index contributed by atoms with van der Waals surface area (Å²) < 4.78 is 11.4. The van der Waals surface area contributed by atoms with Crippen molar-refractivity contribution < 1.29 is 9.47 Å². The van der Waals surface area contributed by atoms with Crippen LogP contribution in [0.15, 0.2) is 24.3 Å². The van der Waals surface area contributed by atoms with Gasteiger partial charge < -0.3 is 15.2 Å². The number of hydrogen-bond acceptors (Lipinski definition) is 4. The standard InChI is InChI=1S/C15H22N2O2S/c1-11-13(7-9-18-11)17(2)8-10-19-14-6-4-3-5-12(14)15(16)20/h3-6,11,13H,7-10H2,1-2H3,(H2,16,20). The van der Waals surface area contributed by atoms with E-state index in [2.05, 4.69) is 18.9 Å². The van der Waals surface area contributed by atoms with E-state index >= 15 is 0 Å². The van der Waals surface area contributed by atoms with Crippen LogP contribution >= 0.6 is 12.2 Å². The Morgan fingerprint density at radius 2 is 2.25 bits per heavy atom. The molecule has 0 radical (unpaired) electrons. The minimum absolute atomic E-state index is 0.295. The predicted octanol–water partition coefficient (Wildman–Crippen LogP) is 1.81. The second-order valence-corrected chi connectivity index (χ2v) is 5.56. The summed E-state index contributed by atoms with van der Waals surface area (Å²) in [6.07, 6.45) is 1.38. The van der Waals surface area contributed by atoms with Crippen molar-refractivity contribution in [1.29, 1.82) is 0 Å². The van der Waals surface area contributed by atoms with Crippen molar-refractivity contribution in [3.8, 4) is 5.75 Å². The SMILES string of the molecule is CC1OCCC1N(C)CCOc1ccccc1C(N)=S. The van der Waals surface area contributed by atoms with E-state index in [-0.39, 0.29) is 0 Å². The molecule has 0 aliphatic carbocycles. The minimum Gasteiger partial charge on any atom is -0.492 e. The summed E-state index contributed by atoms with van der Waals surface area (Å²) in [5.74, 6) is 0.754. The third-order valence-corrected chi connectivity index (χ3v) is 3.98. The van der Waals surface area contributed by atoms with Crippen LogP contribution in [-0.2, 0) is 4.74 Å². The number of thiocarbonyl (C=S) groups is 1. The Balaban J connectivity index is 1.85. The number of nitrogens with zero attached hydrogens (tertiary/aromatic N) is 1. The van der Waals surface area contributed by atoms with Gasteiger partial charge in [0.25, 0.3) is 0 Å². The summed E-state index contributed by atoms with van der Waals surface area (Å²) in [6.45, 7) is 4.43. The van der Waals surface area contributed by atoms with Crippen LogP contribution in [0.25, 0.3) is 0 Å². The molecule has 1 aromatic rings. The third-order valence-electron chi connectivity index (χ3n) is 3.76. The number of hydrogen-bond donors (Lipinski definition) is 1. The third kappa shape index (κ3) is 3.69. The monoisotopic (exact) mass is 294 g/mol. The van der Waals surface area contributed by atoms with Gasteiger partial charge in [0, 0.05) is 19.2 Å². The van der Waals surface area contributed by atoms with Crippen LogP contribution in [0.5, 0.6) is 5.75 Å². The van der Waals surface area contributed by atoms with Gasteiger partial charge in [-0.15, -0.1) is 0 Å². The topological polar surface area (TPSA) is 47.7 Å². The average Bonchev–Trinajstić information content (AvgIpc) is 2.85. The molecule has 1 heterocycles. The zero-order valence-electron chi connectivity index (χ0n) is 12.0. The minimum atomic E-state index is 0.295. The van der Waals surface area contributed by atoms with Crippen molar-refractivity contribution >= 4 is 17.2 Å². The molecule has 2 N–H and O–H groups in total. The van der Waals surface area contributed by atoms with Gasteiger partial charge in [-0.25, -0.2) is 0 Å². The maximum Gasteiger partial charge on any atom is 0.129 e. The molecule has 1 aliphatic heterocycles. The highest BCUT2D eigenvalue weighted by Gasteiger charge is 2.27. The van der Waals surface area contributed by atoms with Gasteiger partial charge >= 0.3 is 0 Å². The first kappa shape index (κ1) is 15.2. The summed E-state index contributed by atoms with van der Waals surface area (Å²) in [5.41, 5.74) is 6.48. The highest BCUT2D eigenvalue weighted by molar-refractivity contribution is 7.80. The first-order valence-corrected chi connectivity index (χ1v) is 7.34. The van der Waals surface area contributed by atoms with Gasteiger partial charge in [-0.1, -0.05) is 24.4 Å². The lowest BCUT2D eigenvalue weighted by Crippen LogP contribution is -2.39. The van der Waals surface area contributed by atoms with Crippen LogP contribution in [0.3, 0.4) is 0 Å². The molecule has 1 aliphatic rings. The molecule has 2 rings (SSSR count). The van der Waals surface area contributed by atoms with Crippen molar-refractivity contribution in [1.82, 2.24) is 4.90 Å². The molecule has 110 valence electrons. The first-order chi connectivity index (χ1) is 9.59. The van der Waals surface area contributed by atoms with Crippen molar-refractivity contribution in [2.75, 3.05) is 26.8 Å². The van der Waals surface area contributed by atoms with Crippen LogP contribution < -0.4 is 10.5 Å². The largest absolute Gasteiger partial charge is 0.492 e. The molecule has 2 atom stereocenters. The van der Waals surface area contributed by atoms with Crippen LogP contribution in [-0.4, -0.2) is 48.8 Å². The molecule has 0 aromatic heterocycles. The smallest absolute Gasteiger partial charge is 0.129 e. The molecule has 1 fully saturated rings. The summed E-state index contributed by atoms with van der Waals surface area (Å²) in [7, 11) is 2.11. The molecule has 2 unspecified atom stereocenters. The number of benzene rings is 1. The van der Waals surface area contributed by atoms with Crippen molar-refractivity contribution in [2.45, 2.75) is 25.5 Å². The van der Waals surface area contributed by atoms with Gasteiger partial charge in [-0.3, -0.25) is 4.90 Å². The molecular weight excluding hydrogens is 272 g/mol. The fourth-order valence-electron chi connectivity index (χ4n) is 2.56. The molecule has 0 spiro atoms. The van der Waals surface area contributed by atoms with Gasteiger partial charge in [0.1, 0.15) is 17.3 Å². The Bertz CT molecular complexity index is 467. The number of rotatable bonds is 6. The van der Waals surface area contributed by atoms with Crippen LogP contribution in [0, 0.1) is 0 Å². The van der Waals surface area contributed by atoms with Crippen molar-refractivity contribution in [3.05, 3.63) is 29.8 Å². The number of nitrogens with two attached hydrogens (primary N) is 1. The van der Waals surface area contributed by atoms with Crippen LogP contribution in [0.2, 0.25) is 0 Å².